The predicted molar refractivity (Wildman–Crippen MR) is 101 cm³/mol. The molecule has 26 heavy (non-hydrogen) atoms. The van der Waals surface area contributed by atoms with Gasteiger partial charge in [0.2, 0.25) is 17.7 Å². The molecular weight excluding hydrogens is 354 g/mol. The molecule has 0 aromatic heterocycles. The molecule has 1 aliphatic carbocycles. The van der Waals surface area contributed by atoms with E-state index in [4.69, 9.17) is 11.6 Å². The summed E-state index contributed by atoms with van der Waals surface area (Å²) in [4.78, 5) is 36.4. The van der Waals surface area contributed by atoms with Crippen molar-refractivity contribution < 1.29 is 14.4 Å². The third-order valence-corrected chi connectivity index (χ3v) is 4.38. The van der Waals surface area contributed by atoms with Crippen LogP contribution in [-0.4, -0.2) is 17.7 Å². The summed E-state index contributed by atoms with van der Waals surface area (Å²) in [5.74, 6) is -0.916. The lowest BCUT2D eigenvalue weighted by Crippen LogP contribution is -2.35. The fourth-order valence-corrected chi connectivity index (χ4v) is 2.82. The highest BCUT2D eigenvalue weighted by atomic mass is 35.5. The lowest BCUT2D eigenvalue weighted by atomic mass is 10.0. The zero-order chi connectivity index (χ0) is 18.7. The third-order valence-electron chi connectivity index (χ3n) is 4.14. The summed E-state index contributed by atoms with van der Waals surface area (Å²) in [5.41, 5.74) is 0.563. The van der Waals surface area contributed by atoms with Crippen LogP contribution in [0.15, 0.2) is 48.5 Å². The Labute approximate surface area is 155 Å². The SMILES string of the molecule is CC(=O)Nc1cccc(NC(=O)C2(C(=O)Nc3cccc(Cl)c3)CC2)c1. The van der Waals surface area contributed by atoms with Crippen molar-refractivity contribution in [3.8, 4) is 0 Å². The molecule has 0 spiro atoms. The van der Waals surface area contributed by atoms with Crippen LogP contribution in [0.5, 0.6) is 0 Å². The Kier molecular flexibility index (Phi) is 4.95. The zero-order valence-electron chi connectivity index (χ0n) is 14.1. The Morgan fingerprint density at radius 2 is 1.35 bits per heavy atom. The van der Waals surface area contributed by atoms with E-state index in [0.29, 0.717) is 34.9 Å². The molecule has 7 heteroatoms. The third kappa shape index (κ3) is 4.03. The van der Waals surface area contributed by atoms with Crippen molar-refractivity contribution in [2.75, 3.05) is 16.0 Å². The van der Waals surface area contributed by atoms with E-state index in [9.17, 15) is 14.4 Å². The number of hydrogen-bond acceptors (Lipinski definition) is 3. The van der Waals surface area contributed by atoms with Crippen LogP contribution in [0.1, 0.15) is 19.8 Å². The summed E-state index contributed by atoms with van der Waals surface area (Å²) < 4.78 is 0. The molecule has 3 N–H and O–H groups in total. The maximum absolute atomic E-state index is 12.6. The van der Waals surface area contributed by atoms with Gasteiger partial charge in [-0.3, -0.25) is 14.4 Å². The van der Waals surface area contributed by atoms with E-state index < -0.39 is 5.41 Å². The molecule has 6 nitrogen and oxygen atoms in total. The number of rotatable bonds is 5. The number of carbonyl (C=O) groups is 3. The van der Waals surface area contributed by atoms with Gasteiger partial charge in [0.15, 0.2) is 0 Å². The molecule has 0 saturated heterocycles. The van der Waals surface area contributed by atoms with E-state index in [1.54, 1.807) is 48.5 Å². The van der Waals surface area contributed by atoms with Gasteiger partial charge < -0.3 is 16.0 Å². The van der Waals surface area contributed by atoms with E-state index >= 15 is 0 Å². The Morgan fingerprint density at radius 1 is 0.846 bits per heavy atom. The zero-order valence-corrected chi connectivity index (χ0v) is 14.9. The largest absolute Gasteiger partial charge is 0.326 e. The lowest BCUT2D eigenvalue weighted by molar-refractivity contribution is -0.131. The summed E-state index contributed by atoms with van der Waals surface area (Å²) in [5, 5.41) is 8.67. The number of amides is 3. The molecule has 3 rings (SSSR count). The van der Waals surface area contributed by atoms with Gasteiger partial charge >= 0.3 is 0 Å². The van der Waals surface area contributed by atoms with E-state index in [0.717, 1.165) is 0 Å². The Bertz CT molecular complexity index is 878. The minimum Gasteiger partial charge on any atom is -0.326 e. The summed E-state index contributed by atoms with van der Waals surface area (Å²) in [6.45, 7) is 1.41. The van der Waals surface area contributed by atoms with Crippen molar-refractivity contribution in [1.29, 1.82) is 0 Å². The van der Waals surface area contributed by atoms with Crippen LogP contribution in [0.25, 0.3) is 0 Å². The van der Waals surface area contributed by atoms with Gasteiger partial charge in [-0.2, -0.15) is 0 Å². The summed E-state index contributed by atoms with van der Waals surface area (Å²) in [6.07, 6.45) is 0.966. The quantitative estimate of drug-likeness (QED) is 0.701. The van der Waals surface area contributed by atoms with Crippen molar-refractivity contribution in [2.24, 2.45) is 5.41 Å². The number of halogens is 1. The monoisotopic (exact) mass is 371 g/mol. The minimum absolute atomic E-state index is 0.201. The molecule has 0 heterocycles. The molecule has 2 aromatic rings. The predicted octanol–water partition coefficient (Wildman–Crippen LogP) is 3.66. The van der Waals surface area contributed by atoms with E-state index in [2.05, 4.69) is 16.0 Å². The second-order valence-electron chi connectivity index (χ2n) is 6.26. The minimum atomic E-state index is -1.08. The van der Waals surface area contributed by atoms with E-state index in [1.165, 1.54) is 6.92 Å². The summed E-state index contributed by atoms with van der Waals surface area (Å²) >= 11 is 5.92. The average molecular weight is 372 g/mol. The molecule has 1 fully saturated rings. The van der Waals surface area contributed by atoms with Gasteiger partial charge in [0.1, 0.15) is 5.41 Å². The van der Waals surface area contributed by atoms with Crippen LogP contribution >= 0.6 is 11.6 Å². The smallest absolute Gasteiger partial charge is 0.240 e. The molecule has 1 aliphatic rings. The van der Waals surface area contributed by atoms with E-state index in [1.807, 2.05) is 0 Å². The first-order valence-electron chi connectivity index (χ1n) is 8.15. The van der Waals surface area contributed by atoms with Gasteiger partial charge in [0.05, 0.1) is 0 Å². The summed E-state index contributed by atoms with van der Waals surface area (Å²) in [7, 11) is 0. The van der Waals surface area contributed by atoms with Crippen LogP contribution in [0.3, 0.4) is 0 Å². The second kappa shape index (κ2) is 7.17. The second-order valence-corrected chi connectivity index (χ2v) is 6.70. The van der Waals surface area contributed by atoms with Crippen molar-refractivity contribution in [3.05, 3.63) is 53.6 Å². The highest BCUT2D eigenvalue weighted by molar-refractivity contribution is 6.31. The maximum atomic E-state index is 12.6. The molecule has 0 bridgehead atoms. The molecule has 2 aromatic carbocycles. The van der Waals surface area contributed by atoms with Crippen LogP contribution in [0.2, 0.25) is 5.02 Å². The van der Waals surface area contributed by atoms with Crippen molar-refractivity contribution >= 4 is 46.4 Å². The molecular formula is C19H18ClN3O3. The normalized spacial score (nSPS) is 14.2. The van der Waals surface area contributed by atoms with Gasteiger partial charge in [0.25, 0.3) is 0 Å². The Hall–Kier alpha value is -2.86. The highest BCUT2D eigenvalue weighted by Crippen LogP contribution is 2.47. The lowest BCUT2D eigenvalue weighted by Gasteiger charge is -2.16. The standard InChI is InChI=1S/C19H18ClN3O3/c1-12(24)21-15-6-3-7-16(11-15)23-18(26)19(8-9-19)17(25)22-14-5-2-4-13(20)10-14/h2-7,10-11H,8-9H2,1H3,(H,21,24)(H,22,25)(H,23,26). The Balaban J connectivity index is 1.69. The number of hydrogen-bond donors (Lipinski definition) is 3. The highest BCUT2D eigenvalue weighted by Gasteiger charge is 2.56. The van der Waals surface area contributed by atoms with Crippen LogP contribution in [0.4, 0.5) is 17.1 Å². The Morgan fingerprint density at radius 3 is 1.85 bits per heavy atom. The molecule has 0 radical (unpaired) electrons. The first kappa shape index (κ1) is 17.9. The first-order chi connectivity index (χ1) is 12.4. The van der Waals surface area contributed by atoms with Gasteiger partial charge in [-0.15, -0.1) is 0 Å². The maximum Gasteiger partial charge on any atom is 0.240 e. The van der Waals surface area contributed by atoms with Gasteiger partial charge in [-0.1, -0.05) is 23.7 Å². The van der Waals surface area contributed by atoms with Gasteiger partial charge in [0, 0.05) is 29.0 Å². The van der Waals surface area contributed by atoms with Gasteiger partial charge in [-0.05, 0) is 49.2 Å². The summed E-state index contributed by atoms with van der Waals surface area (Å²) in [6, 6.07) is 13.6. The number of anilines is 3. The van der Waals surface area contributed by atoms with Crippen molar-refractivity contribution in [3.63, 3.8) is 0 Å². The van der Waals surface area contributed by atoms with Crippen LogP contribution in [0, 0.1) is 5.41 Å². The average Bonchev–Trinajstić information content (AvgIpc) is 3.36. The van der Waals surface area contributed by atoms with Crippen molar-refractivity contribution in [1.82, 2.24) is 0 Å². The molecule has 1 saturated carbocycles. The number of carbonyl (C=O) groups excluding carboxylic acids is 3. The fraction of sp³-hybridized carbons (Fsp3) is 0.211. The topological polar surface area (TPSA) is 87.3 Å². The fourth-order valence-electron chi connectivity index (χ4n) is 2.63. The van der Waals surface area contributed by atoms with Crippen molar-refractivity contribution in [2.45, 2.75) is 19.8 Å². The molecule has 0 atom stereocenters. The first-order valence-corrected chi connectivity index (χ1v) is 8.53. The molecule has 134 valence electrons. The van der Waals surface area contributed by atoms with Crippen LogP contribution in [-0.2, 0) is 14.4 Å². The van der Waals surface area contributed by atoms with Gasteiger partial charge in [-0.25, -0.2) is 0 Å². The molecule has 0 unspecified atom stereocenters. The van der Waals surface area contributed by atoms with Crippen LogP contribution < -0.4 is 16.0 Å². The number of nitrogens with one attached hydrogen (secondary N) is 3. The number of benzene rings is 2. The van der Waals surface area contributed by atoms with E-state index in [-0.39, 0.29) is 17.7 Å². The molecule has 0 aliphatic heterocycles. The molecule has 3 amide bonds.